The summed E-state index contributed by atoms with van der Waals surface area (Å²) in [6, 6.07) is 6.55. The van der Waals surface area contributed by atoms with Gasteiger partial charge in [0.1, 0.15) is 5.82 Å². The zero-order valence-corrected chi connectivity index (χ0v) is 16.7. The van der Waals surface area contributed by atoms with Gasteiger partial charge in [0.25, 0.3) is 0 Å². The van der Waals surface area contributed by atoms with Crippen molar-refractivity contribution in [1.29, 1.82) is 0 Å². The van der Waals surface area contributed by atoms with Gasteiger partial charge in [-0.15, -0.1) is 24.0 Å². The molecule has 0 heterocycles. The molecule has 0 aliphatic heterocycles. The highest BCUT2D eigenvalue weighted by molar-refractivity contribution is 14.0. The summed E-state index contributed by atoms with van der Waals surface area (Å²) in [5, 5.41) is 17.0. The minimum absolute atomic E-state index is 0. The molecule has 3 N–H and O–H groups in total. The third-order valence-electron chi connectivity index (χ3n) is 4.28. The normalized spacial score (nSPS) is 17.0. The van der Waals surface area contributed by atoms with Crippen molar-refractivity contribution in [2.24, 2.45) is 4.99 Å². The summed E-state index contributed by atoms with van der Waals surface area (Å²) in [7, 11) is 0. The van der Waals surface area contributed by atoms with Crippen LogP contribution in [-0.4, -0.2) is 36.3 Å². The van der Waals surface area contributed by atoms with Crippen LogP contribution >= 0.6 is 24.0 Å². The Morgan fingerprint density at radius 3 is 2.46 bits per heavy atom. The van der Waals surface area contributed by atoms with E-state index in [0.29, 0.717) is 6.54 Å². The maximum absolute atomic E-state index is 12.9. The molecule has 1 aliphatic carbocycles. The molecule has 0 atom stereocenters. The molecule has 1 aromatic rings. The molecule has 0 radical (unpaired) electrons. The molecule has 1 saturated carbocycles. The Kier molecular flexibility index (Phi) is 9.58. The summed E-state index contributed by atoms with van der Waals surface area (Å²) in [6.07, 6.45) is 5.86. The van der Waals surface area contributed by atoms with Gasteiger partial charge >= 0.3 is 0 Å². The average Bonchev–Trinajstić information content (AvgIpc) is 2.55. The smallest absolute Gasteiger partial charge is 0.191 e. The Balaban J connectivity index is 0.00000288. The second kappa shape index (κ2) is 10.9. The van der Waals surface area contributed by atoms with Crippen LogP contribution in [0, 0.1) is 5.82 Å². The first kappa shape index (κ1) is 21.2. The van der Waals surface area contributed by atoms with Crippen molar-refractivity contribution in [2.75, 3.05) is 19.6 Å². The molecule has 1 aromatic carbocycles. The minimum atomic E-state index is -0.641. The Labute approximate surface area is 161 Å². The zero-order valence-electron chi connectivity index (χ0n) is 14.4. The van der Waals surface area contributed by atoms with Crippen LogP contribution < -0.4 is 10.6 Å². The molecular formula is C18H29FIN3O. The second-order valence-electron chi connectivity index (χ2n) is 6.28. The highest BCUT2D eigenvalue weighted by atomic mass is 127. The van der Waals surface area contributed by atoms with Crippen molar-refractivity contribution >= 4 is 29.9 Å². The number of nitrogens with zero attached hydrogens (tertiary/aromatic N) is 1. The monoisotopic (exact) mass is 449 g/mol. The van der Waals surface area contributed by atoms with Crippen LogP contribution in [0.1, 0.15) is 44.6 Å². The Morgan fingerprint density at radius 2 is 1.83 bits per heavy atom. The number of benzene rings is 1. The number of hydrogen-bond donors (Lipinski definition) is 3. The van der Waals surface area contributed by atoms with Gasteiger partial charge in [-0.1, -0.05) is 31.4 Å². The van der Waals surface area contributed by atoms with Gasteiger partial charge in [0.15, 0.2) is 5.96 Å². The number of halogens is 2. The van der Waals surface area contributed by atoms with Crippen molar-refractivity contribution in [2.45, 2.75) is 51.0 Å². The number of rotatable bonds is 6. The fraction of sp³-hybridized carbons (Fsp3) is 0.611. The molecule has 24 heavy (non-hydrogen) atoms. The first-order valence-electron chi connectivity index (χ1n) is 8.60. The Bertz CT molecular complexity index is 501. The lowest BCUT2D eigenvalue weighted by Gasteiger charge is -2.30. The van der Waals surface area contributed by atoms with E-state index in [1.807, 2.05) is 6.92 Å². The van der Waals surface area contributed by atoms with Gasteiger partial charge in [0.2, 0.25) is 0 Å². The van der Waals surface area contributed by atoms with Crippen LogP contribution in [0.25, 0.3) is 0 Å². The summed E-state index contributed by atoms with van der Waals surface area (Å²) >= 11 is 0. The van der Waals surface area contributed by atoms with Crippen LogP contribution in [0.15, 0.2) is 29.3 Å². The Morgan fingerprint density at radius 1 is 1.17 bits per heavy atom. The number of guanidine groups is 1. The van der Waals surface area contributed by atoms with Gasteiger partial charge in [-0.2, -0.15) is 0 Å². The number of aliphatic imine (C=N–C) groups is 1. The van der Waals surface area contributed by atoms with Crippen LogP contribution in [-0.2, 0) is 6.42 Å². The van der Waals surface area contributed by atoms with Crippen molar-refractivity contribution in [3.63, 3.8) is 0 Å². The van der Waals surface area contributed by atoms with E-state index >= 15 is 0 Å². The van der Waals surface area contributed by atoms with E-state index in [2.05, 4.69) is 15.6 Å². The summed E-state index contributed by atoms with van der Waals surface area (Å²) < 4.78 is 12.9. The van der Waals surface area contributed by atoms with E-state index in [1.54, 1.807) is 12.1 Å². The third-order valence-corrected chi connectivity index (χ3v) is 4.28. The van der Waals surface area contributed by atoms with Crippen LogP contribution in [0.5, 0.6) is 0 Å². The molecule has 0 unspecified atom stereocenters. The summed E-state index contributed by atoms with van der Waals surface area (Å²) in [5.74, 6) is 0.519. The van der Waals surface area contributed by atoms with Crippen LogP contribution in [0.3, 0.4) is 0 Å². The van der Waals surface area contributed by atoms with Crippen LogP contribution in [0.4, 0.5) is 4.39 Å². The average molecular weight is 449 g/mol. The lowest BCUT2D eigenvalue weighted by Crippen LogP contribution is -2.41. The van der Waals surface area contributed by atoms with E-state index < -0.39 is 5.60 Å². The lowest BCUT2D eigenvalue weighted by atomic mass is 9.85. The molecule has 1 aliphatic rings. The van der Waals surface area contributed by atoms with Crippen molar-refractivity contribution in [3.8, 4) is 0 Å². The Hall–Kier alpha value is -0.890. The minimum Gasteiger partial charge on any atom is -0.388 e. The van der Waals surface area contributed by atoms with E-state index in [4.69, 9.17) is 0 Å². The molecule has 0 aromatic heterocycles. The van der Waals surface area contributed by atoms with Crippen molar-refractivity contribution < 1.29 is 9.50 Å². The first-order chi connectivity index (χ1) is 11.1. The molecule has 4 nitrogen and oxygen atoms in total. The maximum Gasteiger partial charge on any atom is 0.191 e. The largest absolute Gasteiger partial charge is 0.388 e. The second-order valence-corrected chi connectivity index (χ2v) is 6.28. The molecule has 2 rings (SSSR count). The van der Waals surface area contributed by atoms with Crippen molar-refractivity contribution in [3.05, 3.63) is 35.6 Å². The SMILES string of the molecule is CCNC(=NCC1(O)CCCCC1)NCCc1ccc(F)cc1.I. The molecule has 0 spiro atoms. The van der Waals surface area contributed by atoms with Gasteiger partial charge in [0, 0.05) is 13.1 Å². The van der Waals surface area contributed by atoms with Gasteiger partial charge in [-0.25, -0.2) is 4.39 Å². The fourth-order valence-corrected chi connectivity index (χ4v) is 2.91. The zero-order chi connectivity index (χ0) is 16.5. The maximum atomic E-state index is 12.9. The standard InChI is InChI=1S/C18H28FN3O.HI/c1-2-20-17(22-14-18(23)11-4-3-5-12-18)21-13-10-15-6-8-16(19)9-7-15;/h6-9,23H,2-5,10-14H2,1H3,(H2,20,21,22);1H. The first-order valence-corrected chi connectivity index (χ1v) is 8.60. The van der Waals surface area contributed by atoms with E-state index in [9.17, 15) is 9.50 Å². The van der Waals surface area contributed by atoms with E-state index in [1.165, 1.54) is 18.6 Å². The van der Waals surface area contributed by atoms with Gasteiger partial charge < -0.3 is 15.7 Å². The molecule has 0 amide bonds. The van der Waals surface area contributed by atoms with Gasteiger partial charge in [0.05, 0.1) is 12.1 Å². The predicted molar refractivity (Wildman–Crippen MR) is 108 cm³/mol. The van der Waals surface area contributed by atoms with Gasteiger partial charge in [-0.3, -0.25) is 4.99 Å². The topological polar surface area (TPSA) is 56.7 Å². The molecule has 0 saturated heterocycles. The highest BCUT2D eigenvalue weighted by Gasteiger charge is 2.28. The molecular weight excluding hydrogens is 420 g/mol. The third kappa shape index (κ3) is 7.34. The van der Waals surface area contributed by atoms with Gasteiger partial charge in [-0.05, 0) is 43.9 Å². The number of hydrogen-bond acceptors (Lipinski definition) is 2. The van der Waals surface area contributed by atoms with E-state index in [0.717, 1.165) is 56.7 Å². The highest BCUT2D eigenvalue weighted by Crippen LogP contribution is 2.28. The quantitative estimate of drug-likeness (QED) is 0.355. The fourth-order valence-electron chi connectivity index (χ4n) is 2.91. The number of aliphatic hydroxyl groups is 1. The molecule has 6 heteroatoms. The summed E-state index contributed by atoms with van der Waals surface area (Å²) in [6.45, 7) is 3.96. The van der Waals surface area contributed by atoms with E-state index in [-0.39, 0.29) is 29.8 Å². The summed E-state index contributed by atoms with van der Waals surface area (Å²) in [4.78, 5) is 4.54. The lowest BCUT2D eigenvalue weighted by molar-refractivity contribution is 0.0131. The summed E-state index contributed by atoms with van der Waals surface area (Å²) in [5.41, 5.74) is 0.443. The predicted octanol–water partition coefficient (Wildman–Crippen LogP) is 3.24. The molecule has 1 fully saturated rings. The van der Waals surface area contributed by atoms with Crippen LogP contribution in [0.2, 0.25) is 0 Å². The molecule has 0 bridgehead atoms. The molecule has 136 valence electrons. The number of nitrogens with one attached hydrogen (secondary N) is 2. The van der Waals surface area contributed by atoms with Crippen molar-refractivity contribution in [1.82, 2.24) is 10.6 Å².